The molecule has 1 aliphatic heterocycles. The van der Waals surface area contributed by atoms with Gasteiger partial charge in [0.15, 0.2) is 5.82 Å². The first-order valence-corrected chi connectivity index (χ1v) is 22.3. The van der Waals surface area contributed by atoms with Crippen LogP contribution >= 0.6 is 7.82 Å². The van der Waals surface area contributed by atoms with E-state index in [-0.39, 0.29) is 24.6 Å². The maximum atomic E-state index is 13.3. The van der Waals surface area contributed by atoms with Crippen molar-refractivity contribution in [3.8, 4) is 0 Å². The van der Waals surface area contributed by atoms with E-state index in [2.05, 4.69) is 17.0 Å². The Hall–Kier alpha value is -2.59. The molecule has 57 heavy (non-hydrogen) atoms. The number of rotatable bonds is 30. The molecular formula is C41H65F2N4O9P. The van der Waals surface area contributed by atoms with Crippen molar-refractivity contribution in [2.24, 2.45) is 0 Å². The number of nitrogen functional groups attached to an aromatic ring is 1. The van der Waals surface area contributed by atoms with Crippen molar-refractivity contribution in [3.63, 3.8) is 0 Å². The molecule has 13 nitrogen and oxygen atoms in total. The number of phosphoric acid groups is 1. The van der Waals surface area contributed by atoms with E-state index in [9.17, 15) is 28.5 Å². The summed E-state index contributed by atoms with van der Waals surface area (Å²) >= 11 is 0. The molecule has 2 aromatic heterocycles. The molecule has 1 unspecified atom stereocenters. The van der Waals surface area contributed by atoms with Crippen molar-refractivity contribution in [1.29, 1.82) is 0 Å². The topological polar surface area (TPSA) is 180 Å². The van der Waals surface area contributed by atoms with Crippen molar-refractivity contribution in [2.45, 2.75) is 160 Å². The van der Waals surface area contributed by atoms with Crippen LogP contribution in [0, 0.1) is 0 Å². The smallest absolute Gasteiger partial charge is 0.387 e. The molecular weight excluding hydrogens is 761 g/mol. The van der Waals surface area contributed by atoms with Gasteiger partial charge in [0.05, 0.1) is 32.1 Å². The molecule has 0 spiro atoms. The predicted molar refractivity (Wildman–Crippen MR) is 214 cm³/mol. The second-order valence-corrected chi connectivity index (χ2v) is 16.7. The molecule has 1 fully saturated rings. The van der Waals surface area contributed by atoms with E-state index in [4.69, 9.17) is 29.0 Å². The molecule has 0 aliphatic carbocycles. The van der Waals surface area contributed by atoms with E-state index >= 15 is 0 Å². The van der Waals surface area contributed by atoms with Gasteiger partial charge in [0.2, 0.25) is 0 Å². The van der Waals surface area contributed by atoms with Crippen molar-refractivity contribution in [1.82, 2.24) is 14.6 Å². The summed E-state index contributed by atoms with van der Waals surface area (Å²) in [6.07, 6.45) is 13.8. The Morgan fingerprint density at radius 3 is 2.18 bits per heavy atom. The zero-order valence-electron chi connectivity index (χ0n) is 33.7. The highest BCUT2D eigenvalue weighted by atomic mass is 31.2. The van der Waals surface area contributed by atoms with Crippen LogP contribution in [0.15, 0.2) is 42.7 Å². The molecule has 6 atom stereocenters. The first-order valence-electron chi connectivity index (χ1n) is 20.8. The van der Waals surface area contributed by atoms with Crippen LogP contribution in [0.1, 0.15) is 140 Å². The number of halogens is 2. The first-order chi connectivity index (χ1) is 27.4. The van der Waals surface area contributed by atoms with Crippen molar-refractivity contribution in [2.75, 3.05) is 32.2 Å². The number of nitrogens with two attached hydrogens (primary N) is 1. The van der Waals surface area contributed by atoms with E-state index in [1.165, 1.54) is 113 Å². The molecule has 0 bridgehead atoms. The molecule has 1 aromatic carbocycles. The molecule has 0 amide bonds. The number of hydrogen-bond acceptors (Lipinski definition) is 11. The van der Waals surface area contributed by atoms with Crippen LogP contribution in [0.3, 0.4) is 0 Å². The molecule has 5 N–H and O–H groups in total. The van der Waals surface area contributed by atoms with Crippen molar-refractivity contribution in [3.05, 3.63) is 59.5 Å². The minimum atomic E-state index is -4.74. The summed E-state index contributed by atoms with van der Waals surface area (Å²) in [7, 11) is -4.74. The zero-order valence-corrected chi connectivity index (χ0v) is 34.6. The Morgan fingerprint density at radius 2 is 1.54 bits per heavy atom. The fraction of sp³-hybridized carbons (Fsp3) is 0.707. The molecule has 1 saturated heterocycles. The van der Waals surface area contributed by atoms with Gasteiger partial charge >= 0.3 is 7.82 Å². The second-order valence-electron chi connectivity index (χ2n) is 15.3. The first kappa shape index (κ1) is 47.1. The largest absolute Gasteiger partial charge is 0.472 e. The summed E-state index contributed by atoms with van der Waals surface area (Å²) in [6, 6.07) is 9.11. The van der Waals surface area contributed by atoms with Gasteiger partial charge in [0.25, 0.3) is 6.43 Å². The van der Waals surface area contributed by atoms with Gasteiger partial charge < -0.3 is 35.1 Å². The highest BCUT2D eigenvalue weighted by Crippen LogP contribution is 2.46. The van der Waals surface area contributed by atoms with Crippen LogP contribution in [0.4, 0.5) is 14.6 Å². The number of aromatic nitrogens is 3. The number of nitrogens with zero attached hydrogens (tertiary/aromatic N) is 3. The molecule has 3 heterocycles. The Balaban J connectivity index is 1.18. The van der Waals surface area contributed by atoms with Crippen LogP contribution in [0.25, 0.3) is 5.52 Å². The molecule has 322 valence electrons. The predicted octanol–water partition coefficient (Wildman–Crippen LogP) is 8.58. The van der Waals surface area contributed by atoms with Gasteiger partial charge in [-0.1, -0.05) is 121 Å². The fourth-order valence-electron chi connectivity index (χ4n) is 7.18. The molecule has 1 aliphatic rings. The molecule has 3 aromatic rings. The number of aliphatic hydroxyl groups is 2. The van der Waals surface area contributed by atoms with Crippen LogP contribution in [-0.4, -0.2) is 80.5 Å². The fourth-order valence-corrected chi connectivity index (χ4v) is 7.95. The van der Waals surface area contributed by atoms with Crippen LogP contribution < -0.4 is 5.73 Å². The van der Waals surface area contributed by atoms with Crippen LogP contribution in [-0.2, 0) is 40.0 Å². The summed E-state index contributed by atoms with van der Waals surface area (Å²) in [4.78, 5) is 14.5. The highest BCUT2D eigenvalue weighted by Gasteiger charge is 2.54. The number of alkyl halides is 2. The highest BCUT2D eigenvalue weighted by molar-refractivity contribution is 7.47. The van der Waals surface area contributed by atoms with Gasteiger partial charge in [-0.3, -0.25) is 9.05 Å². The number of hydrogen-bond donors (Lipinski definition) is 4. The third-order valence-electron chi connectivity index (χ3n) is 10.6. The number of benzene rings is 1. The average Bonchev–Trinajstić information content (AvgIpc) is 3.74. The summed E-state index contributed by atoms with van der Waals surface area (Å²) in [5.74, 6) is 0.209. The van der Waals surface area contributed by atoms with Gasteiger partial charge in [0.1, 0.15) is 41.9 Å². The quantitative estimate of drug-likeness (QED) is 0.0372. The van der Waals surface area contributed by atoms with E-state index < -0.39 is 57.5 Å². The number of anilines is 1. The lowest BCUT2D eigenvalue weighted by atomic mass is 9.93. The van der Waals surface area contributed by atoms with E-state index in [0.717, 1.165) is 19.3 Å². The maximum Gasteiger partial charge on any atom is 0.472 e. The second kappa shape index (κ2) is 24.5. The normalized spacial score (nSPS) is 21.4. The van der Waals surface area contributed by atoms with E-state index in [0.29, 0.717) is 23.4 Å². The minimum Gasteiger partial charge on any atom is -0.387 e. The Morgan fingerprint density at radius 1 is 0.912 bits per heavy atom. The van der Waals surface area contributed by atoms with Gasteiger partial charge in [-0.15, -0.1) is 0 Å². The van der Waals surface area contributed by atoms with Crippen LogP contribution in [0.5, 0.6) is 0 Å². The van der Waals surface area contributed by atoms with Gasteiger partial charge in [-0.2, -0.15) is 5.10 Å². The van der Waals surface area contributed by atoms with Gasteiger partial charge in [-0.05, 0) is 37.1 Å². The lowest BCUT2D eigenvalue weighted by Crippen LogP contribution is -2.39. The number of fused-ring (bicyclic) bond motifs is 1. The number of ether oxygens (including phenoxy) is 3. The summed E-state index contributed by atoms with van der Waals surface area (Å²) in [6.45, 7) is 3.23. The van der Waals surface area contributed by atoms with Gasteiger partial charge in [-0.25, -0.2) is 22.8 Å². The SMILES string of the molecule is CCCCCCCCCCCCCCCCCCOC[C@H](COP(=O)(O)OC[C@H]1O[C@@](C)(c2ccc3c(N)ncnn23)[C@H](O)[C@@H]1O)OCc1cccc(C(F)F)c1. The Labute approximate surface area is 336 Å². The Bertz CT molecular complexity index is 1640. The molecule has 16 heteroatoms. The maximum absolute atomic E-state index is 13.3. The van der Waals surface area contributed by atoms with E-state index in [1.807, 2.05) is 0 Å². The molecule has 0 radical (unpaired) electrons. The monoisotopic (exact) mass is 826 g/mol. The van der Waals surface area contributed by atoms with E-state index in [1.54, 1.807) is 25.1 Å². The summed E-state index contributed by atoms with van der Waals surface area (Å²) < 4.78 is 69.3. The minimum absolute atomic E-state index is 0.0294. The molecule has 4 rings (SSSR count). The number of aliphatic hydroxyl groups excluding tert-OH is 2. The standard InChI is InChI=1S/C41H65F2N4O9P/c1-3-4-5-6-7-8-9-10-11-12-13-14-15-16-17-18-24-52-27-33(53-26-31-20-19-21-32(25-31)39(42)43)28-54-57(50,51)55-29-35-37(48)38(49)41(2,56-35)36-23-22-34-40(44)45-30-46-47(34)36/h19-23,25,30,33,35,37-39,48-49H,3-18,24,26-29H2,1-2H3,(H,50,51)(H2,44,45,46)/t33-,35-,37-,38-,41+/m1/s1. The average molecular weight is 827 g/mol. The van der Waals surface area contributed by atoms with Crippen molar-refractivity contribution < 1.29 is 51.7 Å². The number of unbranched alkanes of at least 4 members (excludes halogenated alkanes) is 15. The van der Waals surface area contributed by atoms with Crippen LogP contribution in [0.2, 0.25) is 0 Å². The van der Waals surface area contributed by atoms with Gasteiger partial charge in [0, 0.05) is 12.2 Å². The summed E-state index contributed by atoms with van der Waals surface area (Å²) in [5.41, 5.74) is 5.67. The third-order valence-corrected chi connectivity index (χ3v) is 11.6. The molecule has 0 saturated carbocycles. The number of phosphoric ester groups is 1. The lowest BCUT2D eigenvalue weighted by molar-refractivity contribution is -0.0901. The third kappa shape index (κ3) is 15.2. The Kier molecular flexibility index (Phi) is 20.2. The van der Waals surface area contributed by atoms with Crippen molar-refractivity contribution >= 4 is 19.2 Å². The zero-order chi connectivity index (χ0) is 41.1. The summed E-state index contributed by atoms with van der Waals surface area (Å²) in [5, 5.41) is 26.0. The lowest BCUT2D eigenvalue weighted by Gasteiger charge is -2.27.